The predicted octanol–water partition coefficient (Wildman–Crippen LogP) is 2.57. The zero-order valence-corrected chi connectivity index (χ0v) is 17.5. The Morgan fingerprint density at radius 1 is 1.07 bits per heavy atom. The molecule has 6 nitrogen and oxygen atoms in total. The van der Waals surface area contributed by atoms with Gasteiger partial charge in [0, 0.05) is 37.7 Å². The fourth-order valence-corrected chi connectivity index (χ4v) is 4.01. The Labute approximate surface area is 165 Å². The van der Waals surface area contributed by atoms with Crippen LogP contribution in [0.1, 0.15) is 78.6 Å². The van der Waals surface area contributed by atoms with Gasteiger partial charge in [-0.1, -0.05) is 20.3 Å². The van der Waals surface area contributed by atoms with Crippen molar-refractivity contribution in [1.82, 2.24) is 16.0 Å². The summed E-state index contributed by atoms with van der Waals surface area (Å²) in [7, 11) is 0. The zero-order valence-electron chi connectivity index (χ0n) is 17.5. The van der Waals surface area contributed by atoms with Gasteiger partial charge in [0.1, 0.15) is 0 Å². The van der Waals surface area contributed by atoms with Crippen LogP contribution in [0.15, 0.2) is 4.99 Å². The molecule has 2 saturated carbocycles. The number of carbonyl (C=O) groups excluding carboxylic acids is 1. The van der Waals surface area contributed by atoms with Gasteiger partial charge >= 0.3 is 0 Å². The van der Waals surface area contributed by atoms with Crippen molar-refractivity contribution in [3.63, 3.8) is 0 Å². The molecule has 2 aliphatic rings. The summed E-state index contributed by atoms with van der Waals surface area (Å²) >= 11 is 0. The van der Waals surface area contributed by atoms with Gasteiger partial charge in [-0.15, -0.1) is 0 Å². The molecule has 2 fully saturated rings. The number of aliphatic imine (C=N–C) groups is 1. The van der Waals surface area contributed by atoms with Crippen LogP contribution in [0, 0.1) is 11.3 Å². The molecule has 0 aliphatic heterocycles. The number of rotatable bonds is 10. The Morgan fingerprint density at radius 2 is 1.81 bits per heavy atom. The molecule has 0 radical (unpaired) electrons. The molecule has 1 amide bonds. The van der Waals surface area contributed by atoms with E-state index in [4.69, 9.17) is 4.99 Å². The summed E-state index contributed by atoms with van der Waals surface area (Å²) in [5.41, 5.74) is 0.0658. The molecule has 4 N–H and O–H groups in total. The monoisotopic (exact) mass is 380 g/mol. The smallest absolute Gasteiger partial charge is 0.223 e. The first-order chi connectivity index (χ1) is 13.1. The molecule has 0 aromatic carbocycles. The highest BCUT2D eigenvalue weighted by atomic mass is 16.3. The minimum atomic E-state index is 0.0658. The number of guanidine groups is 1. The van der Waals surface area contributed by atoms with Gasteiger partial charge in [-0.2, -0.15) is 0 Å². The molecule has 2 aliphatic carbocycles. The zero-order chi connectivity index (χ0) is 19.7. The van der Waals surface area contributed by atoms with E-state index in [1.54, 1.807) is 0 Å². The van der Waals surface area contributed by atoms with Crippen molar-refractivity contribution in [2.24, 2.45) is 16.3 Å². The van der Waals surface area contributed by atoms with E-state index in [1.807, 2.05) is 0 Å². The van der Waals surface area contributed by atoms with Crippen molar-refractivity contribution in [2.75, 3.05) is 19.7 Å². The minimum Gasteiger partial charge on any atom is -0.396 e. The Kier molecular flexibility index (Phi) is 8.87. The predicted molar refractivity (Wildman–Crippen MR) is 111 cm³/mol. The molecular formula is C21H40N4O2. The Morgan fingerprint density at radius 3 is 2.41 bits per heavy atom. The molecule has 2 unspecified atom stereocenters. The van der Waals surface area contributed by atoms with Crippen LogP contribution in [0.25, 0.3) is 0 Å². The molecule has 6 heteroatoms. The van der Waals surface area contributed by atoms with Crippen molar-refractivity contribution in [1.29, 1.82) is 0 Å². The number of hydrogen-bond acceptors (Lipinski definition) is 3. The molecule has 2 rings (SSSR count). The Bertz CT molecular complexity index is 487. The lowest BCUT2D eigenvalue weighted by Crippen LogP contribution is -2.47. The second-order valence-electron chi connectivity index (χ2n) is 8.36. The van der Waals surface area contributed by atoms with E-state index in [9.17, 15) is 9.90 Å². The van der Waals surface area contributed by atoms with Crippen LogP contribution in [0.4, 0.5) is 0 Å². The summed E-state index contributed by atoms with van der Waals surface area (Å²) < 4.78 is 0. The number of nitrogens with zero attached hydrogens (tertiary/aromatic N) is 1. The highest BCUT2D eigenvalue weighted by Crippen LogP contribution is 2.31. The first-order valence-corrected chi connectivity index (χ1v) is 11.0. The van der Waals surface area contributed by atoms with E-state index < -0.39 is 0 Å². The molecule has 0 heterocycles. The van der Waals surface area contributed by atoms with Gasteiger partial charge < -0.3 is 21.1 Å². The number of aliphatic hydroxyl groups excluding tert-OH is 1. The topological polar surface area (TPSA) is 85.8 Å². The lowest BCUT2D eigenvalue weighted by atomic mass is 9.79. The third kappa shape index (κ3) is 6.98. The first-order valence-electron chi connectivity index (χ1n) is 11.0. The average Bonchev–Trinajstić information content (AvgIpc) is 3.49. The molecular weight excluding hydrogens is 340 g/mol. The third-order valence-electron chi connectivity index (χ3n) is 6.37. The maximum Gasteiger partial charge on any atom is 0.223 e. The number of aliphatic hydroxyl groups is 1. The summed E-state index contributed by atoms with van der Waals surface area (Å²) in [6.07, 6.45) is 9.14. The Hall–Kier alpha value is -1.30. The highest BCUT2D eigenvalue weighted by molar-refractivity contribution is 5.81. The van der Waals surface area contributed by atoms with Crippen molar-refractivity contribution in [3.8, 4) is 0 Å². The SMILES string of the molecule is CCNC(=NCC(CC)(CC)CCO)NC1CCCC(C(=O)NC2CC2)C1. The molecule has 0 spiro atoms. The minimum absolute atomic E-state index is 0.0658. The van der Waals surface area contributed by atoms with E-state index in [1.165, 1.54) is 0 Å². The van der Waals surface area contributed by atoms with E-state index in [2.05, 4.69) is 36.7 Å². The molecule has 0 aromatic heterocycles. The fourth-order valence-electron chi connectivity index (χ4n) is 4.01. The van der Waals surface area contributed by atoms with E-state index in [-0.39, 0.29) is 23.8 Å². The Balaban J connectivity index is 1.93. The normalized spacial score (nSPS) is 23.8. The van der Waals surface area contributed by atoms with Gasteiger partial charge in [0.25, 0.3) is 0 Å². The summed E-state index contributed by atoms with van der Waals surface area (Å²) in [5.74, 6) is 1.21. The number of carbonyl (C=O) groups is 1. The summed E-state index contributed by atoms with van der Waals surface area (Å²) in [4.78, 5) is 17.3. The van der Waals surface area contributed by atoms with Crippen molar-refractivity contribution in [3.05, 3.63) is 0 Å². The number of amides is 1. The van der Waals surface area contributed by atoms with Gasteiger partial charge in [0.15, 0.2) is 5.96 Å². The van der Waals surface area contributed by atoms with E-state index in [0.717, 1.165) is 70.3 Å². The van der Waals surface area contributed by atoms with Gasteiger partial charge in [-0.05, 0) is 63.7 Å². The van der Waals surface area contributed by atoms with Gasteiger partial charge in [-0.25, -0.2) is 0 Å². The molecule has 0 aromatic rings. The third-order valence-corrected chi connectivity index (χ3v) is 6.37. The maximum atomic E-state index is 12.4. The molecule has 2 atom stereocenters. The average molecular weight is 381 g/mol. The van der Waals surface area contributed by atoms with Crippen LogP contribution in [-0.4, -0.2) is 48.8 Å². The largest absolute Gasteiger partial charge is 0.396 e. The molecule has 0 bridgehead atoms. The fraction of sp³-hybridized carbons (Fsp3) is 0.905. The van der Waals surface area contributed by atoms with Crippen LogP contribution < -0.4 is 16.0 Å². The van der Waals surface area contributed by atoms with Crippen LogP contribution in [-0.2, 0) is 4.79 Å². The van der Waals surface area contributed by atoms with Crippen LogP contribution in [0.2, 0.25) is 0 Å². The van der Waals surface area contributed by atoms with Gasteiger partial charge in [-0.3, -0.25) is 9.79 Å². The quantitative estimate of drug-likeness (QED) is 0.347. The summed E-state index contributed by atoms with van der Waals surface area (Å²) in [6.45, 7) is 8.17. The van der Waals surface area contributed by atoms with Crippen molar-refractivity contribution >= 4 is 11.9 Å². The van der Waals surface area contributed by atoms with Crippen LogP contribution >= 0.6 is 0 Å². The summed E-state index contributed by atoms with van der Waals surface area (Å²) in [5, 5.41) is 19.5. The highest BCUT2D eigenvalue weighted by Gasteiger charge is 2.31. The second-order valence-corrected chi connectivity index (χ2v) is 8.36. The van der Waals surface area contributed by atoms with Crippen molar-refractivity contribution < 1.29 is 9.90 Å². The van der Waals surface area contributed by atoms with E-state index in [0.29, 0.717) is 18.6 Å². The molecule has 27 heavy (non-hydrogen) atoms. The summed E-state index contributed by atoms with van der Waals surface area (Å²) in [6, 6.07) is 0.731. The van der Waals surface area contributed by atoms with E-state index >= 15 is 0 Å². The first kappa shape index (κ1) is 22.0. The lowest BCUT2D eigenvalue weighted by molar-refractivity contribution is -0.126. The second kappa shape index (κ2) is 10.9. The van der Waals surface area contributed by atoms with Gasteiger partial charge in [0.05, 0.1) is 0 Å². The maximum absolute atomic E-state index is 12.4. The molecule has 156 valence electrons. The van der Waals surface area contributed by atoms with Gasteiger partial charge in [0.2, 0.25) is 5.91 Å². The number of nitrogens with one attached hydrogen (secondary N) is 3. The standard InChI is InChI=1S/C21H40N4O2/c1-4-21(5-2,12-13-26)15-23-20(22-6-3)25-18-9-7-8-16(14-18)19(27)24-17-10-11-17/h16-18,26H,4-15H2,1-3H3,(H,24,27)(H2,22,23,25). The van der Waals surface area contributed by atoms with Crippen LogP contribution in [0.5, 0.6) is 0 Å². The van der Waals surface area contributed by atoms with Crippen molar-refractivity contribution in [2.45, 2.75) is 90.6 Å². The van der Waals surface area contributed by atoms with Crippen LogP contribution in [0.3, 0.4) is 0 Å². The number of hydrogen-bond donors (Lipinski definition) is 4. The molecule has 0 saturated heterocycles. The lowest BCUT2D eigenvalue weighted by Gasteiger charge is -2.32.